The quantitative estimate of drug-likeness (QED) is 0.770. The van der Waals surface area contributed by atoms with Crippen molar-refractivity contribution in [2.45, 2.75) is 46.3 Å². The van der Waals surface area contributed by atoms with E-state index in [1.807, 2.05) is 20.8 Å². The van der Waals surface area contributed by atoms with Gasteiger partial charge in [0.05, 0.1) is 5.25 Å². The number of hydrogen-bond acceptors (Lipinski definition) is 3. The van der Waals surface area contributed by atoms with E-state index in [9.17, 15) is 13.2 Å². The van der Waals surface area contributed by atoms with E-state index in [-0.39, 0.29) is 5.91 Å². The molecule has 0 saturated carbocycles. The smallest absolute Gasteiger partial charge is 0.227 e. The molecule has 19 heavy (non-hydrogen) atoms. The summed E-state index contributed by atoms with van der Waals surface area (Å²) in [4.78, 5) is 14.0. The summed E-state index contributed by atoms with van der Waals surface area (Å²) in [7, 11) is -3.21. The van der Waals surface area contributed by atoms with Crippen LogP contribution < -0.4 is 0 Å². The highest BCUT2D eigenvalue weighted by atomic mass is 32.2. The Hall–Kier alpha value is -0.620. The molecule has 1 aliphatic heterocycles. The molecule has 0 radical (unpaired) electrons. The van der Waals surface area contributed by atoms with Crippen LogP contribution in [0.5, 0.6) is 0 Å². The minimum atomic E-state index is -3.21. The summed E-state index contributed by atoms with van der Waals surface area (Å²) in [6, 6.07) is 0. The third kappa shape index (κ3) is 3.92. The first kappa shape index (κ1) is 16.4. The van der Waals surface area contributed by atoms with Crippen LogP contribution in [-0.4, -0.2) is 55.0 Å². The zero-order valence-corrected chi connectivity index (χ0v) is 13.5. The van der Waals surface area contributed by atoms with E-state index in [1.54, 1.807) is 18.7 Å². The second-order valence-electron chi connectivity index (χ2n) is 6.39. The monoisotopic (exact) mass is 290 g/mol. The van der Waals surface area contributed by atoms with Gasteiger partial charge in [-0.2, -0.15) is 4.31 Å². The average Bonchev–Trinajstić information content (AvgIpc) is 2.52. The fourth-order valence-electron chi connectivity index (χ4n) is 2.12. The van der Waals surface area contributed by atoms with Gasteiger partial charge in [0.15, 0.2) is 0 Å². The van der Waals surface area contributed by atoms with Crippen molar-refractivity contribution in [1.82, 2.24) is 9.21 Å². The second kappa shape index (κ2) is 5.79. The fourth-order valence-corrected chi connectivity index (χ4v) is 3.44. The lowest BCUT2D eigenvalue weighted by Crippen LogP contribution is -2.43. The number of hydrogen-bond donors (Lipinski definition) is 0. The van der Waals surface area contributed by atoms with Crippen molar-refractivity contribution in [3.8, 4) is 0 Å². The Kier molecular flexibility index (Phi) is 5.01. The Balaban J connectivity index is 2.75. The van der Waals surface area contributed by atoms with Gasteiger partial charge in [-0.1, -0.05) is 20.8 Å². The molecule has 0 spiro atoms. The number of carbonyl (C=O) groups excluding carboxylic acids is 1. The zero-order valence-electron chi connectivity index (χ0n) is 12.6. The number of amides is 1. The van der Waals surface area contributed by atoms with Gasteiger partial charge in [-0.05, 0) is 20.3 Å². The molecule has 0 aromatic heterocycles. The molecule has 0 unspecified atom stereocenters. The lowest BCUT2D eigenvalue weighted by Gasteiger charge is -2.28. The van der Waals surface area contributed by atoms with Gasteiger partial charge in [-0.25, -0.2) is 8.42 Å². The van der Waals surface area contributed by atoms with Crippen LogP contribution in [0.4, 0.5) is 0 Å². The molecule has 5 nitrogen and oxygen atoms in total. The van der Waals surface area contributed by atoms with Crippen LogP contribution in [-0.2, 0) is 14.8 Å². The SMILES string of the molecule is CC(C)S(=O)(=O)N1CCCN(C(=O)C(C)(C)C)CC1. The molecule has 1 heterocycles. The highest BCUT2D eigenvalue weighted by Crippen LogP contribution is 2.20. The normalized spacial score (nSPS) is 19.6. The first-order valence-electron chi connectivity index (χ1n) is 6.85. The zero-order chi connectivity index (χ0) is 14.8. The molecular weight excluding hydrogens is 264 g/mol. The van der Waals surface area contributed by atoms with Crippen LogP contribution in [0.1, 0.15) is 41.0 Å². The van der Waals surface area contributed by atoms with Crippen LogP contribution >= 0.6 is 0 Å². The average molecular weight is 290 g/mol. The summed E-state index contributed by atoms with van der Waals surface area (Å²) in [6.45, 7) is 11.1. The van der Waals surface area contributed by atoms with Gasteiger partial charge in [-0.15, -0.1) is 0 Å². The maximum absolute atomic E-state index is 12.2. The van der Waals surface area contributed by atoms with Crippen molar-refractivity contribution in [2.75, 3.05) is 26.2 Å². The summed E-state index contributed by atoms with van der Waals surface area (Å²) in [6.07, 6.45) is 0.702. The number of nitrogens with zero attached hydrogens (tertiary/aromatic N) is 2. The van der Waals surface area contributed by atoms with Gasteiger partial charge >= 0.3 is 0 Å². The molecule has 0 aliphatic carbocycles. The molecule has 0 aromatic rings. The van der Waals surface area contributed by atoms with Gasteiger partial charge in [0, 0.05) is 31.6 Å². The molecule has 0 bridgehead atoms. The summed E-state index contributed by atoms with van der Waals surface area (Å²) < 4.78 is 25.8. The molecule has 0 aromatic carbocycles. The van der Waals surface area contributed by atoms with Crippen molar-refractivity contribution >= 4 is 15.9 Å². The maximum atomic E-state index is 12.2. The van der Waals surface area contributed by atoms with Gasteiger partial charge < -0.3 is 4.90 Å². The molecular formula is C13H26N2O3S. The lowest BCUT2D eigenvalue weighted by molar-refractivity contribution is -0.139. The molecule has 1 aliphatic rings. The molecule has 1 amide bonds. The Morgan fingerprint density at radius 2 is 1.63 bits per heavy atom. The minimum absolute atomic E-state index is 0.0938. The molecule has 6 heteroatoms. The summed E-state index contributed by atoms with van der Waals surface area (Å²) >= 11 is 0. The highest BCUT2D eigenvalue weighted by molar-refractivity contribution is 7.89. The van der Waals surface area contributed by atoms with E-state index in [0.717, 1.165) is 0 Å². The molecule has 1 rings (SSSR count). The van der Waals surface area contributed by atoms with Crippen molar-refractivity contribution in [3.63, 3.8) is 0 Å². The van der Waals surface area contributed by atoms with Crippen molar-refractivity contribution in [1.29, 1.82) is 0 Å². The lowest BCUT2D eigenvalue weighted by atomic mass is 9.94. The van der Waals surface area contributed by atoms with E-state index in [2.05, 4.69) is 0 Å². The van der Waals surface area contributed by atoms with Crippen LogP contribution in [0, 0.1) is 5.41 Å². The largest absolute Gasteiger partial charge is 0.341 e. The Labute approximate surface area is 117 Å². The van der Waals surface area contributed by atoms with Crippen LogP contribution in [0.15, 0.2) is 0 Å². The summed E-state index contributed by atoms with van der Waals surface area (Å²) in [5.74, 6) is 0.0938. The molecule has 1 saturated heterocycles. The Morgan fingerprint density at radius 3 is 2.11 bits per heavy atom. The van der Waals surface area contributed by atoms with E-state index in [0.29, 0.717) is 32.6 Å². The van der Waals surface area contributed by atoms with Gasteiger partial charge in [0.2, 0.25) is 15.9 Å². The predicted molar refractivity (Wildman–Crippen MR) is 76.3 cm³/mol. The summed E-state index contributed by atoms with van der Waals surface area (Å²) in [5.41, 5.74) is -0.411. The van der Waals surface area contributed by atoms with Crippen LogP contribution in [0.25, 0.3) is 0 Å². The second-order valence-corrected chi connectivity index (χ2v) is 8.88. The van der Waals surface area contributed by atoms with Crippen molar-refractivity contribution in [2.24, 2.45) is 5.41 Å². The Morgan fingerprint density at radius 1 is 1.05 bits per heavy atom. The van der Waals surface area contributed by atoms with Gasteiger partial charge in [0.25, 0.3) is 0 Å². The molecule has 1 fully saturated rings. The highest BCUT2D eigenvalue weighted by Gasteiger charge is 2.32. The van der Waals surface area contributed by atoms with Crippen LogP contribution in [0.3, 0.4) is 0 Å². The summed E-state index contributed by atoms with van der Waals surface area (Å²) in [5, 5.41) is -0.405. The molecule has 0 N–H and O–H groups in total. The maximum Gasteiger partial charge on any atom is 0.227 e. The van der Waals surface area contributed by atoms with Crippen LogP contribution in [0.2, 0.25) is 0 Å². The van der Waals surface area contributed by atoms with E-state index < -0.39 is 20.7 Å². The Bertz CT molecular complexity index is 424. The topological polar surface area (TPSA) is 57.7 Å². The molecule has 0 atom stereocenters. The first-order chi connectivity index (χ1) is 8.56. The van der Waals surface area contributed by atoms with E-state index in [4.69, 9.17) is 0 Å². The number of rotatable bonds is 2. The minimum Gasteiger partial charge on any atom is -0.341 e. The third-order valence-corrected chi connectivity index (χ3v) is 5.62. The van der Waals surface area contributed by atoms with Gasteiger partial charge in [0.1, 0.15) is 0 Å². The number of sulfonamides is 1. The third-order valence-electron chi connectivity index (χ3n) is 3.34. The number of carbonyl (C=O) groups is 1. The van der Waals surface area contributed by atoms with Crippen molar-refractivity contribution < 1.29 is 13.2 Å². The predicted octanol–water partition coefficient (Wildman–Crippen LogP) is 1.30. The first-order valence-corrected chi connectivity index (χ1v) is 8.35. The van der Waals surface area contributed by atoms with E-state index in [1.165, 1.54) is 4.31 Å². The van der Waals surface area contributed by atoms with Crippen molar-refractivity contribution in [3.05, 3.63) is 0 Å². The standard InChI is InChI=1S/C13H26N2O3S/c1-11(2)19(17,18)15-8-6-7-14(9-10-15)12(16)13(3,4)5/h11H,6-10H2,1-5H3. The molecule has 112 valence electrons. The van der Waals surface area contributed by atoms with E-state index >= 15 is 0 Å². The van der Waals surface area contributed by atoms with Gasteiger partial charge in [-0.3, -0.25) is 4.79 Å². The fraction of sp³-hybridized carbons (Fsp3) is 0.923.